The van der Waals surface area contributed by atoms with Crippen LogP contribution in [0.25, 0.3) is 10.2 Å². The van der Waals surface area contributed by atoms with Crippen LogP contribution in [0.4, 0.5) is 5.69 Å². The zero-order chi connectivity index (χ0) is 19.7. The van der Waals surface area contributed by atoms with Crippen molar-refractivity contribution in [3.8, 4) is 0 Å². The molecule has 2 amide bonds. The van der Waals surface area contributed by atoms with E-state index in [-0.39, 0.29) is 23.8 Å². The number of carbonyl (C=O) groups excluding carboxylic acids is 2. The number of nitrogens with one attached hydrogen (secondary N) is 1. The molecule has 2 fully saturated rings. The highest BCUT2D eigenvalue weighted by Gasteiger charge is 2.34. The highest BCUT2D eigenvalue weighted by Crippen LogP contribution is 2.37. The van der Waals surface area contributed by atoms with Crippen LogP contribution in [0.5, 0.6) is 0 Å². The molecule has 0 unspecified atom stereocenters. The lowest BCUT2D eigenvalue weighted by molar-refractivity contribution is -0.142. The summed E-state index contributed by atoms with van der Waals surface area (Å²) < 4.78 is 5.41. The van der Waals surface area contributed by atoms with E-state index < -0.39 is 0 Å². The van der Waals surface area contributed by atoms with Crippen molar-refractivity contribution < 1.29 is 14.3 Å². The smallest absolute Gasteiger partial charge is 0.263 e. The molecule has 28 heavy (non-hydrogen) atoms. The van der Waals surface area contributed by atoms with Gasteiger partial charge in [-0.05, 0) is 44.2 Å². The standard InChI is InChI=1S/C20H26N4O3S/c1-22-18(25)17-16(21)13-5-6-14(23-19(13)28-17)15-4-2-3-9-24(15)20(26)12-7-10-27-11-8-12/h5-6,12,15H,2-4,7-11,21H2,1H3,(H,22,25)/t15-/m1/s1. The number of carbonyl (C=O) groups is 2. The number of aromatic nitrogens is 1. The molecule has 1 atom stereocenters. The van der Waals surface area contributed by atoms with E-state index in [4.69, 9.17) is 15.5 Å². The number of ether oxygens (including phenoxy) is 1. The Morgan fingerprint density at radius 2 is 2.04 bits per heavy atom. The number of fused-ring (bicyclic) bond motifs is 1. The molecule has 150 valence electrons. The lowest BCUT2D eigenvalue weighted by Crippen LogP contribution is -2.43. The number of piperidine rings is 1. The van der Waals surface area contributed by atoms with E-state index in [2.05, 4.69) is 5.32 Å². The van der Waals surface area contributed by atoms with Crippen molar-refractivity contribution in [3.05, 3.63) is 22.7 Å². The van der Waals surface area contributed by atoms with Gasteiger partial charge < -0.3 is 20.7 Å². The Morgan fingerprint density at radius 3 is 2.79 bits per heavy atom. The normalized spacial score (nSPS) is 21.0. The quantitative estimate of drug-likeness (QED) is 0.823. The van der Waals surface area contributed by atoms with Crippen LogP contribution in [0, 0.1) is 5.92 Å². The number of anilines is 1. The van der Waals surface area contributed by atoms with Crippen molar-refractivity contribution in [2.75, 3.05) is 32.5 Å². The van der Waals surface area contributed by atoms with Crippen molar-refractivity contribution in [1.29, 1.82) is 0 Å². The largest absolute Gasteiger partial charge is 0.397 e. The minimum absolute atomic E-state index is 0.0136. The molecule has 0 bridgehead atoms. The molecule has 3 N–H and O–H groups in total. The average molecular weight is 403 g/mol. The minimum atomic E-state index is -0.198. The number of amides is 2. The highest BCUT2D eigenvalue weighted by atomic mass is 32.1. The van der Waals surface area contributed by atoms with Gasteiger partial charge in [0, 0.05) is 38.1 Å². The van der Waals surface area contributed by atoms with Crippen molar-refractivity contribution in [1.82, 2.24) is 15.2 Å². The average Bonchev–Trinajstić information content (AvgIpc) is 3.09. The first kappa shape index (κ1) is 19.1. The van der Waals surface area contributed by atoms with Crippen molar-refractivity contribution in [3.63, 3.8) is 0 Å². The topological polar surface area (TPSA) is 97.5 Å². The van der Waals surface area contributed by atoms with Crippen LogP contribution in [0.3, 0.4) is 0 Å². The number of nitrogen functional groups attached to an aromatic ring is 1. The molecule has 0 aliphatic carbocycles. The third kappa shape index (κ3) is 3.46. The maximum atomic E-state index is 13.2. The first-order valence-corrected chi connectivity index (χ1v) is 10.7. The number of thiophene rings is 1. The van der Waals surface area contributed by atoms with Gasteiger partial charge >= 0.3 is 0 Å². The lowest BCUT2D eigenvalue weighted by atomic mass is 9.93. The summed E-state index contributed by atoms with van der Waals surface area (Å²) in [5.41, 5.74) is 7.51. The maximum Gasteiger partial charge on any atom is 0.263 e. The first-order valence-electron chi connectivity index (χ1n) is 9.89. The molecule has 7 nitrogen and oxygen atoms in total. The van der Waals surface area contributed by atoms with E-state index in [0.29, 0.717) is 23.8 Å². The summed E-state index contributed by atoms with van der Waals surface area (Å²) in [6.07, 6.45) is 4.62. The van der Waals surface area contributed by atoms with Crippen LogP contribution in [0.2, 0.25) is 0 Å². The third-order valence-corrected chi connectivity index (χ3v) is 6.86. The molecule has 0 aromatic carbocycles. The molecule has 2 aromatic rings. The van der Waals surface area contributed by atoms with E-state index in [1.165, 1.54) is 11.3 Å². The van der Waals surface area contributed by atoms with Gasteiger partial charge in [-0.15, -0.1) is 11.3 Å². The SMILES string of the molecule is CNC(=O)c1sc2nc([C@H]3CCCCN3C(=O)C3CCOCC3)ccc2c1N. The zero-order valence-electron chi connectivity index (χ0n) is 16.1. The second kappa shape index (κ2) is 8.05. The van der Waals surface area contributed by atoms with E-state index in [9.17, 15) is 9.59 Å². The molecule has 0 spiro atoms. The summed E-state index contributed by atoms with van der Waals surface area (Å²) in [5, 5.41) is 3.42. The van der Waals surface area contributed by atoms with Crippen LogP contribution in [-0.4, -0.2) is 48.5 Å². The minimum Gasteiger partial charge on any atom is -0.397 e. The highest BCUT2D eigenvalue weighted by molar-refractivity contribution is 7.21. The fraction of sp³-hybridized carbons (Fsp3) is 0.550. The molecular formula is C20H26N4O3S. The molecule has 8 heteroatoms. The molecule has 2 aliphatic heterocycles. The lowest BCUT2D eigenvalue weighted by Gasteiger charge is -2.38. The number of hydrogen-bond acceptors (Lipinski definition) is 6. The van der Waals surface area contributed by atoms with Gasteiger partial charge in [-0.1, -0.05) is 0 Å². The van der Waals surface area contributed by atoms with Gasteiger partial charge in [-0.25, -0.2) is 4.98 Å². The molecule has 2 aliphatic rings. The van der Waals surface area contributed by atoms with Gasteiger partial charge in [-0.2, -0.15) is 0 Å². The summed E-state index contributed by atoms with van der Waals surface area (Å²) in [7, 11) is 1.59. The Hall–Kier alpha value is -2.19. The summed E-state index contributed by atoms with van der Waals surface area (Å²) in [6, 6.07) is 3.88. The molecular weight excluding hydrogens is 376 g/mol. The van der Waals surface area contributed by atoms with Crippen molar-refractivity contribution in [2.24, 2.45) is 5.92 Å². The Kier molecular flexibility index (Phi) is 5.50. The van der Waals surface area contributed by atoms with Gasteiger partial charge in [0.2, 0.25) is 5.91 Å². The molecule has 0 saturated carbocycles. The second-order valence-electron chi connectivity index (χ2n) is 7.44. The maximum absolute atomic E-state index is 13.2. The number of pyridine rings is 1. The Balaban J connectivity index is 1.64. The predicted molar refractivity (Wildman–Crippen MR) is 109 cm³/mol. The Labute approximate surface area is 168 Å². The Morgan fingerprint density at radius 1 is 1.25 bits per heavy atom. The Bertz CT molecular complexity index is 891. The number of nitrogens with zero attached hydrogens (tertiary/aromatic N) is 2. The van der Waals surface area contributed by atoms with Crippen molar-refractivity contribution in [2.45, 2.75) is 38.1 Å². The van der Waals surface area contributed by atoms with Gasteiger partial charge in [0.25, 0.3) is 5.91 Å². The fourth-order valence-electron chi connectivity index (χ4n) is 4.16. The molecule has 2 aromatic heterocycles. The summed E-state index contributed by atoms with van der Waals surface area (Å²) in [6.45, 7) is 2.10. The van der Waals surface area contributed by atoms with Crippen molar-refractivity contribution >= 4 is 39.1 Å². The van der Waals surface area contributed by atoms with Crippen LogP contribution in [0.1, 0.15) is 53.5 Å². The predicted octanol–water partition coefficient (Wildman–Crippen LogP) is 2.72. The molecule has 0 radical (unpaired) electrons. The van der Waals surface area contributed by atoms with Crippen LogP contribution in [0.15, 0.2) is 12.1 Å². The monoisotopic (exact) mass is 402 g/mol. The van der Waals surface area contributed by atoms with Gasteiger partial charge in [-0.3, -0.25) is 9.59 Å². The number of rotatable bonds is 3. The summed E-state index contributed by atoms with van der Waals surface area (Å²) in [5.74, 6) is 0.0815. The summed E-state index contributed by atoms with van der Waals surface area (Å²) in [4.78, 5) is 33.3. The molecule has 2 saturated heterocycles. The van der Waals surface area contributed by atoms with E-state index >= 15 is 0 Å². The zero-order valence-corrected chi connectivity index (χ0v) is 16.9. The first-order chi connectivity index (χ1) is 13.6. The van der Waals surface area contributed by atoms with E-state index in [1.807, 2.05) is 17.0 Å². The third-order valence-electron chi connectivity index (χ3n) is 5.75. The summed E-state index contributed by atoms with van der Waals surface area (Å²) >= 11 is 1.30. The fourth-order valence-corrected chi connectivity index (χ4v) is 5.21. The number of likely N-dealkylation sites (tertiary alicyclic amines) is 1. The van der Waals surface area contributed by atoms with Crippen LogP contribution < -0.4 is 11.1 Å². The van der Waals surface area contributed by atoms with E-state index in [1.54, 1.807) is 7.05 Å². The number of hydrogen-bond donors (Lipinski definition) is 2. The van der Waals surface area contributed by atoms with E-state index in [0.717, 1.165) is 54.6 Å². The molecule has 4 heterocycles. The van der Waals surface area contributed by atoms with Gasteiger partial charge in [0.15, 0.2) is 0 Å². The number of nitrogens with two attached hydrogens (primary N) is 1. The molecule has 4 rings (SSSR count). The van der Waals surface area contributed by atoms with Gasteiger partial charge in [0.05, 0.1) is 17.4 Å². The van der Waals surface area contributed by atoms with Crippen LogP contribution >= 0.6 is 11.3 Å². The second-order valence-corrected chi connectivity index (χ2v) is 8.44. The van der Waals surface area contributed by atoms with Gasteiger partial charge in [0.1, 0.15) is 9.71 Å². The van der Waals surface area contributed by atoms with Crippen LogP contribution in [-0.2, 0) is 9.53 Å².